The van der Waals surface area contributed by atoms with Crippen LogP contribution in [-0.2, 0) is 15.1 Å². The summed E-state index contributed by atoms with van der Waals surface area (Å²) in [4.78, 5) is 4.27. The lowest BCUT2D eigenvalue weighted by Gasteiger charge is -2.27. The fourth-order valence-electron chi connectivity index (χ4n) is 2.12. The zero-order valence-corrected chi connectivity index (χ0v) is 11.5. The molecule has 0 saturated carbocycles. The molecule has 0 aliphatic carbocycles. The molecule has 4 heteroatoms. The number of hydrogen-bond donors (Lipinski definition) is 1. The first kappa shape index (κ1) is 13.9. The largest absolute Gasteiger partial charge is 0.385 e. The lowest BCUT2D eigenvalue weighted by atomic mass is 9.91. The van der Waals surface area contributed by atoms with Gasteiger partial charge < -0.3 is 14.6 Å². The van der Waals surface area contributed by atoms with Gasteiger partial charge in [-0.05, 0) is 30.7 Å². The Bertz CT molecular complexity index is 550. The molecule has 1 N–H and O–H groups in total. The Hall–Kier alpha value is -1.49. The number of pyridine rings is 1. The Balaban J connectivity index is 2.31. The second kappa shape index (κ2) is 5.65. The van der Waals surface area contributed by atoms with Gasteiger partial charge >= 0.3 is 0 Å². The van der Waals surface area contributed by atoms with Crippen molar-refractivity contribution in [2.24, 2.45) is 0 Å². The molecule has 0 fully saturated rings. The van der Waals surface area contributed by atoms with Crippen LogP contribution in [0.5, 0.6) is 0 Å². The first-order valence-corrected chi connectivity index (χ1v) is 6.20. The molecule has 1 unspecified atom stereocenters. The first-order chi connectivity index (χ1) is 9.06. The number of aliphatic hydroxyl groups is 1. The van der Waals surface area contributed by atoms with E-state index in [1.807, 2.05) is 30.3 Å². The predicted molar refractivity (Wildman–Crippen MR) is 73.7 cm³/mol. The summed E-state index contributed by atoms with van der Waals surface area (Å²) in [6, 6.07) is 9.61. The summed E-state index contributed by atoms with van der Waals surface area (Å²) in [6.07, 6.45) is 1.69. The van der Waals surface area contributed by atoms with Crippen LogP contribution in [0.1, 0.15) is 18.9 Å². The van der Waals surface area contributed by atoms with Crippen LogP contribution in [0.15, 0.2) is 36.5 Å². The number of aromatic nitrogens is 1. The Morgan fingerprint density at radius 2 is 2.00 bits per heavy atom. The average molecular weight is 261 g/mol. The third-order valence-corrected chi connectivity index (χ3v) is 3.31. The van der Waals surface area contributed by atoms with E-state index in [4.69, 9.17) is 9.47 Å². The van der Waals surface area contributed by atoms with E-state index in [1.54, 1.807) is 27.3 Å². The van der Waals surface area contributed by atoms with Gasteiger partial charge in [-0.25, -0.2) is 0 Å². The summed E-state index contributed by atoms with van der Waals surface area (Å²) in [5.74, 6) is 0. The molecule has 0 bridgehead atoms. The van der Waals surface area contributed by atoms with Crippen molar-refractivity contribution in [3.8, 4) is 0 Å². The summed E-state index contributed by atoms with van der Waals surface area (Å²) in [6.45, 7) is 1.76. The number of fused-ring (bicyclic) bond motifs is 1. The van der Waals surface area contributed by atoms with Crippen LogP contribution in [0.3, 0.4) is 0 Å². The van der Waals surface area contributed by atoms with Gasteiger partial charge in [0.25, 0.3) is 0 Å². The van der Waals surface area contributed by atoms with Crippen molar-refractivity contribution >= 4 is 10.9 Å². The molecule has 0 radical (unpaired) electrons. The summed E-state index contributed by atoms with van der Waals surface area (Å²) in [5.41, 5.74) is 0.727. The molecule has 0 saturated heterocycles. The third kappa shape index (κ3) is 3.10. The van der Waals surface area contributed by atoms with E-state index >= 15 is 0 Å². The van der Waals surface area contributed by atoms with Gasteiger partial charge in [0.05, 0.1) is 11.1 Å². The minimum atomic E-state index is -1.01. The monoisotopic (exact) mass is 261 g/mol. The van der Waals surface area contributed by atoms with Crippen molar-refractivity contribution in [1.29, 1.82) is 0 Å². The molecular weight excluding hydrogens is 242 g/mol. The Morgan fingerprint density at radius 3 is 2.68 bits per heavy atom. The average Bonchev–Trinajstić information content (AvgIpc) is 2.44. The zero-order valence-electron chi connectivity index (χ0n) is 11.5. The lowest BCUT2D eigenvalue weighted by molar-refractivity contribution is -0.142. The van der Waals surface area contributed by atoms with Crippen LogP contribution in [0.2, 0.25) is 0 Å². The van der Waals surface area contributed by atoms with Crippen LogP contribution < -0.4 is 0 Å². The van der Waals surface area contributed by atoms with Gasteiger partial charge in [0.2, 0.25) is 0 Å². The number of hydrogen-bond acceptors (Lipinski definition) is 4. The number of rotatable bonds is 5. The molecule has 19 heavy (non-hydrogen) atoms. The SMILES string of the molecule is COC(CC(C)(O)c1ccc2ncccc2c1)OC. The van der Waals surface area contributed by atoms with Crippen molar-refractivity contribution in [3.05, 3.63) is 42.1 Å². The van der Waals surface area contributed by atoms with Gasteiger partial charge in [-0.1, -0.05) is 12.1 Å². The third-order valence-electron chi connectivity index (χ3n) is 3.31. The molecule has 1 heterocycles. The highest BCUT2D eigenvalue weighted by Crippen LogP contribution is 2.29. The highest BCUT2D eigenvalue weighted by atomic mass is 16.7. The Kier molecular flexibility index (Phi) is 4.14. The van der Waals surface area contributed by atoms with Crippen LogP contribution in [-0.4, -0.2) is 30.6 Å². The van der Waals surface area contributed by atoms with Gasteiger partial charge in [0.1, 0.15) is 0 Å². The van der Waals surface area contributed by atoms with Gasteiger partial charge in [-0.2, -0.15) is 0 Å². The van der Waals surface area contributed by atoms with Crippen molar-refractivity contribution in [3.63, 3.8) is 0 Å². The molecule has 1 aromatic carbocycles. The number of benzene rings is 1. The second-order valence-electron chi connectivity index (χ2n) is 4.79. The zero-order chi connectivity index (χ0) is 13.9. The van der Waals surface area contributed by atoms with E-state index in [9.17, 15) is 5.11 Å². The molecule has 2 rings (SSSR count). The quantitative estimate of drug-likeness (QED) is 0.840. The molecule has 0 amide bonds. The summed E-state index contributed by atoms with van der Waals surface area (Å²) in [5, 5.41) is 11.6. The normalized spacial score (nSPS) is 14.8. The molecule has 2 aromatic rings. The minimum Gasteiger partial charge on any atom is -0.385 e. The van der Waals surface area contributed by atoms with Crippen molar-refractivity contribution in [2.45, 2.75) is 25.2 Å². The topological polar surface area (TPSA) is 51.6 Å². The number of methoxy groups -OCH3 is 2. The first-order valence-electron chi connectivity index (χ1n) is 6.20. The maximum atomic E-state index is 10.6. The van der Waals surface area contributed by atoms with E-state index in [1.165, 1.54) is 0 Å². The standard InChI is InChI=1S/C15H19NO3/c1-15(17,10-14(18-2)19-3)12-6-7-13-11(9-12)5-4-8-16-13/h4-9,14,17H,10H2,1-3H3. The van der Waals surface area contributed by atoms with Crippen molar-refractivity contribution in [2.75, 3.05) is 14.2 Å². The van der Waals surface area contributed by atoms with Gasteiger partial charge in [-0.15, -0.1) is 0 Å². The molecule has 0 aliphatic heterocycles. The van der Waals surface area contributed by atoms with Gasteiger partial charge in [-0.3, -0.25) is 4.98 Å². The molecule has 0 spiro atoms. The fraction of sp³-hybridized carbons (Fsp3) is 0.400. The maximum Gasteiger partial charge on any atom is 0.159 e. The van der Waals surface area contributed by atoms with Crippen LogP contribution in [0.4, 0.5) is 0 Å². The van der Waals surface area contributed by atoms with Crippen LogP contribution >= 0.6 is 0 Å². The van der Waals surface area contributed by atoms with Crippen molar-refractivity contribution in [1.82, 2.24) is 4.98 Å². The minimum absolute atomic E-state index is 0.367. The van der Waals surface area contributed by atoms with Gasteiger partial charge in [0, 0.05) is 32.2 Å². The maximum absolute atomic E-state index is 10.6. The van der Waals surface area contributed by atoms with E-state index in [-0.39, 0.29) is 0 Å². The lowest BCUT2D eigenvalue weighted by Crippen LogP contribution is -2.29. The summed E-state index contributed by atoms with van der Waals surface area (Å²) < 4.78 is 10.3. The fourth-order valence-corrected chi connectivity index (χ4v) is 2.12. The predicted octanol–water partition coefficient (Wildman–Crippen LogP) is 2.45. The molecule has 0 aliphatic rings. The number of nitrogens with zero attached hydrogens (tertiary/aromatic N) is 1. The highest BCUT2D eigenvalue weighted by Gasteiger charge is 2.27. The van der Waals surface area contributed by atoms with Crippen LogP contribution in [0, 0.1) is 0 Å². The summed E-state index contributed by atoms with van der Waals surface area (Å²) in [7, 11) is 3.13. The summed E-state index contributed by atoms with van der Waals surface area (Å²) >= 11 is 0. The van der Waals surface area contributed by atoms with E-state index < -0.39 is 11.9 Å². The Labute approximate surface area is 113 Å². The Morgan fingerprint density at radius 1 is 1.26 bits per heavy atom. The smallest absolute Gasteiger partial charge is 0.159 e. The van der Waals surface area contributed by atoms with Crippen molar-refractivity contribution < 1.29 is 14.6 Å². The molecule has 1 aromatic heterocycles. The van der Waals surface area contributed by atoms with Gasteiger partial charge in [0.15, 0.2) is 6.29 Å². The van der Waals surface area contributed by atoms with E-state index in [0.717, 1.165) is 16.5 Å². The number of ether oxygens (including phenoxy) is 2. The van der Waals surface area contributed by atoms with E-state index in [0.29, 0.717) is 6.42 Å². The van der Waals surface area contributed by atoms with E-state index in [2.05, 4.69) is 4.98 Å². The molecular formula is C15H19NO3. The molecule has 102 valence electrons. The molecule has 4 nitrogen and oxygen atoms in total. The second-order valence-corrected chi connectivity index (χ2v) is 4.79. The van der Waals surface area contributed by atoms with Crippen LogP contribution in [0.25, 0.3) is 10.9 Å². The molecule has 1 atom stereocenters. The highest BCUT2D eigenvalue weighted by molar-refractivity contribution is 5.79.